The van der Waals surface area contributed by atoms with Crippen LogP contribution in [0.1, 0.15) is 28.1 Å². The van der Waals surface area contributed by atoms with Crippen molar-refractivity contribution < 1.29 is 4.79 Å². The lowest BCUT2D eigenvalue weighted by Gasteiger charge is -2.21. The van der Waals surface area contributed by atoms with Crippen molar-refractivity contribution in [2.75, 3.05) is 39.8 Å². The molecule has 2 heterocycles. The number of carbonyl (C=O) groups is 1. The first-order valence-electron chi connectivity index (χ1n) is 6.96. The molecule has 0 spiro atoms. The standard InChI is InChI=1S/C15H21N3OS/c1-17(10-11-18-8-2-3-9-18)15(19)14-13(5-4-7-16)6-12-20-14/h6,12H,2-3,7-11,16H2,1H3. The van der Waals surface area contributed by atoms with Crippen molar-refractivity contribution in [3.8, 4) is 11.8 Å². The average Bonchev–Trinajstić information content (AvgIpc) is 3.12. The Labute approximate surface area is 124 Å². The number of rotatable bonds is 4. The van der Waals surface area contributed by atoms with E-state index in [0.29, 0.717) is 6.54 Å². The highest BCUT2D eigenvalue weighted by Gasteiger charge is 2.18. The predicted molar refractivity (Wildman–Crippen MR) is 82.9 cm³/mol. The Morgan fingerprint density at radius 2 is 2.25 bits per heavy atom. The van der Waals surface area contributed by atoms with Gasteiger partial charge in [0.15, 0.2) is 0 Å². The van der Waals surface area contributed by atoms with Crippen molar-refractivity contribution in [3.05, 3.63) is 21.9 Å². The molecule has 2 rings (SSSR count). The third-order valence-corrected chi connectivity index (χ3v) is 4.38. The van der Waals surface area contributed by atoms with Gasteiger partial charge in [-0.3, -0.25) is 4.79 Å². The Kier molecular flexibility index (Phi) is 5.60. The van der Waals surface area contributed by atoms with Gasteiger partial charge in [0, 0.05) is 25.7 Å². The van der Waals surface area contributed by atoms with Crippen LogP contribution in [0.3, 0.4) is 0 Å². The fraction of sp³-hybridized carbons (Fsp3) is 0.533. The summed E-state index contributed by atoms with van der Waals surface area (Å²) in [5, 5.41) is 1.90. The van der Waals surface area contributed by atoms with Crippen molar-refractivity contribution in [3.63, 3.8) is 0 Å². The van der Waals surface area contributed by atoms with E-state index in [-0.39, 0.29) is 5.91 Å². The molecule has 0 bridgehead atoms. The van der Waals surface area contributed by atoms with Gasteiger partial charge in [0.05, 0.1) is 6.54 Å². The summed E-state index contributed by atoms with van der Waals surface area (Å²) in [5.74, 6) is 5.83. The molecule has 0 unspecified atom stereocenters. The van der Waals surface area contributed by atoms with Crippen LogP contribution in [-0.4, -0.2) is 55.5 Å². The SMILES string of the molecule is CN(CCN1CCCC1)C(=O)c1sccc1C#CCN. The zero-order valence-electron chi connectivity index (χ0n) is 11.9. The topological polar surface area (TPSA) is 49.6 Å². The van der Waals surface area contributed by atoms with Crippen molar-refractivity contribution in [1.29, 1.82) is 0 Å². The van der Waals surface area contributed by atoms with Crippen LogP contribution in [0.5, 0.6) is 0 Å². The number of nitrogens with two attached hydrogens (primary N) is 1. The zero-order valence-corrected chi connectivity index (χ0v) is 12.7. The minimum absolute atomic E-state index is 0.0560. The van der Waals surface area contributed by atoms with Crippen LogP contribution in [0, 0.1) is 11.8 Å². The second-order valence-corrected chi connectivity index (χ2v) is 5.86. The van der Waals surface area contributed by atoms with Crippen LogP contribution in [-0.2, 0) is 0 Å². The Balaban J connectivity index is 1.94. The molecular weight excluding hydrogens is 270 g/mol. The number of nitrogens with zero attached hydrogens (tertiary/aromatic N) is 2. The second kappa shape index (κ2) is 7.44. The van der Waals surface area contributed by atoms with Gasteiger partial charge in [-0.2, -0.15) is 0 Å². The zero-order chi connectivity index (χ0) is 14.4. The molecule has 5 heteroatoms. The van der Waals surface area contributed by atoms with E-state index in [2.05, 4.69) is 16.7 Å². The monoisotopic (exact) mass is 291 g/mol. The van der Waals surface area contributed by atoms with E-state index in [1.54, 1.807) is 4.90 Å². The molecule has 1 saturated heterocycles. The van der Waals surface area contributed by atoms with E-state index >= 15 is 0 Å². The summed E-state index contributed by atoms with van der Waals surface area (Å²) in [6.45, 7) is 4.36. The van der Waals surface area contributed by atoms with Crippen LogP contribution >= 0.6 is 11.3 Å². The summed E-state index contributed by atoms with van der Waals surface area (Å²) in [7, 11) is 1.86. The van der Waals surface area contributed by atoms with Gasteiger partial charge in [-0.25, -0.2) is 0 Å². The maximum atomic E-state index is 12.4. The van der Waals surface area contributed by atoms with Crippen LogP contribution in [0.4, 0.5) is 0 Å². The predicted octanol–water partition coefficient (Wildman–Crippen LogP) is 1.23. The van der Waals surface area contributed by atoms with Gasteiger partial charge in [-0.15, -0.1) is 11.3 Å². The van der Waals surface area contributed by atoms with Crippen molar-refractivity contribution in [2.24, 2.45) is 5.73 Å². The molecule has 0 aromatic carbocycles. The summed E-state index contributed by atoms with van der Waals surface area (Å²) >= 11 is 1.45. The summed E-state index contributed by atoms with van der Waals surface area (Å²) in [5.41, 5.74) is 6.17. The van der Waals surface area contributed by atoms with E-state index in [0.717, 1.165) is 36.6 Å². The maximum absolute atomic E-state index is 12.4. The van der Waals surface area contributed by atoms with Gasteiger partial charge >= 0.3 is 0 Å². The van der Waals surface area contributed by atoms with Crippen LogP contribution in [0.15, 0.2) is 11.4 Å². The van der Waals surface area contributed by atoms with Crippen LogP contribution in [0.25, 0.3) is 0 Å². The number of likely N-dealkylation sites (N-methyl/N-ethyl adjacent to an activating group) is 1. The van der Waals surface area contributed by atoms with E-state index in [4.69, 9.17) is 5.73 Å². The van der Waals surface area contributed by atoms with Crippen molar-refractivity contribution >= 4 is 17.2 Å². The van der Waals surface area contributed by atoms with E-state index in [9.17, 15) is 4.79 Å². The normalized spacial score (nSPS) is 14.9. The van der Waals surface area contributed by atoms with Crippen LogP contribution in [0.2, 0.25) is 0 Å². The number of carbonyl (C=O) groups excluding carboxylic acids is 1. The van der Waals surface area contributed by atoms with Gasteiger partial charge in [0.25, 0.3) is 5.91 Å². The van der Waals surface area contributed by atoms with E-state index in [1.165, 1.54) is 24.2 Å². The molecule has 4 nitrogen and oxygen atoms in total. The number of hydrogen-bond acceptors (Lipinski definition) is 4. The lowest BCUT2D eigenvalue weighted by molar-refractivity contribution is 0.0787. The van der Waals surface area contributed by atoms with Crippen molar-refractivity contribution in [2.45, 2.75) is 12.8 Å². The number of likely N-dealkylation sites (tertiary alicyclic amines) is 1. The lowest BCUT2D eigenvalue weighted by Crippen LogP contribution is -2.35. The van der Waals surface area contributed by atoms with Gasteiger partial charge in [-0.05, 0) is 37.4 Å². The summed E-state index contributed by atoms with van der Waals surface area (Å²) in [6, 6.07) is 1.88. The van der Waals surface area contributed by atoms with Gasteiger partial charge in [0.2, 0.25) is 0 Å². The third-order valence-electron chi connectivity index (χ3n) is 3.48. The molecule has 108 valence electrons. The average molecular weight is 291 g/mol. The van der Waals surface area contributed by atoms with Gasteiger partial charge < -0.3 is 15.5 Å². The Hall–Kier alpha value is -1.35. The number of amides is 1. The Morgan fingerprint density at radius 3 is 2.95 bits per heavy atom. The Bertz CT molecular complexity index is 509. The van der Waals surface area contributed by atoms with Gasteiger partial charge in [-0.1, -0.05) is 11.8 Å². The summed E-state index contributed by atoms with van der Waals surface area (Å²) < 4.78 is 0. The highest BCUT2D eigenvalue weighted by molar-refractivity contribution is 7.12. The van der Waals surface area contributed by atoms with Crippen molar-refractivity contribution in [1.82, 2.24) is 9.80 Å². The first-order valence-corrected chi connectivity index (χ1v) is 7.84. The molecule has 0 aliphatic carbocycles. The fourth-order valence-corrected chi connectivity index (χ4v) is 3.14. The third kappa shape index (κ3) is 3.83. The maximum Gasteiger partial charge on any atom is 0.264 e. The molecule has 0 atom stereocenters. The minimum Gasteiger partial charge on any atom is -0.340 e. The highest BCUT2D eigenvalue weighted by atomic mass is 32.1. The smallest absolute Gasteiger partial charge is 0.264 e. The first-order chi connectivity index (χ1) is 9.72. The molecule has 20 heavy (non-hydrogen) atoms. The number of hydrogen-bond donors (Lipinski definition) is 1. The first kappa shape index (κ1) is 15.0. The second-order valence-electron chi connectivity index (χ2n) is 4.94. The quantitative estimate of drug-likeness (QED) is 0.849. The van der Waals surface area contributed by atoms with Crippen LogP contribution < -0.4 is 5.73 Å². The molecular formula is C15H21N3OS. The molecule has 0 saturated carbocycles. The molecule has 1 aromatic heterocycles. The molecule has 1 amide bonds. The molecule has 1 fully saturated rings. The number of thiophene rings is 1. The molecule has 1 aliphatic rings. The summed E-state index contributed by atoms with van der Waals surface area (Å²) in [4.78, 5) is 17.3. The molecule has 2 N–H and O–H groups in total. The van der Waals surface area contributed by atoms with Gasteiger partial charge in [0.1, 0.15) is 4.88 Å². The minimum atomic E-state index is 0.0560. The highest BCUT2D eigenvalue weighted by Crippen LogP contribution is 2.18. The lowest BCUT2D eigenvalue weighted by atomic mass is 10.2. The molecule has 0 radical (unpaired) electrons. The Morgan fingerprint density at radius 1 is 1.50 bits per heavy atom. The largest absolute Gasteiger partial charge is 0.340 e. The summed E-state index contributed by atoms with van der Waals surface area (Å²) in [6.07, 6.45) is 2.56. The van der Waals surface area contributed by atoms with E-state index in [1.807, 2.05) is 18.5 Å². The van der Waals surface area contributed by atoms with E-state index < -0.39 is 0 Å². The molecule has 1 aromatic rings. The molecule has 1 aliphatic heterocycles. The fourth-order valence-electron chi connectivity index (χ4n) is 2.29.